The van der Waals surface area contributed by atoms with Crippen LogP contribution in [0, 0.1) is 17.6 Å². The van der Waals surface area contributed by atoms with E-state index in [4.69, 9.17) is 5.73 Å². The molecule has 0 bridgehead atoms. The molecular weight excluding hydrogens is 258 g/mol. The molecule has 1 aromatic carbocycles. The van der Waals surface area contributed by atoms with Crippen molar-refractivity contribution in [2.45, 2.75) is 38.6 Å². The molecule has 1 atom stereocenters. The van der Waals surface area contributed by atoms with Crippen molar-refractivity contribution in [3.63, 3.8) is 0 Å². The van der Waals surface area contributed by atoms with Crippen LogP contribution in [0.5, 0.6) is 0 Å². The summed E-state index contributed by atoms with van der Waals surface area (Å²) in [5.74, 6) is -0.783. The summed E-state index contributed by atoms with van der Waals surface area (Å²) in [4.78, 5) is 2.40. The van der Waals surface area contributed by atoms with Crippen LogP contribution in [0.1, 0.15) is 44.2 Å². The van der Waals surface area contributed by atoms with Crippen molar-refractivity contribution in [1.29, 1.82) is 0 Å². The topological polar surface area (TPSA) is 29.3 Å². The maximum atomic E-state index is 13.7. The fourth-order valence-corrected chi connectivity index (χ4v) is 2.56. The van der Waals surface area contributed by atoms with E-state index in [9.17, 15) is 8.78 Å². The van der Waals surface area contributed by atoms with E-state index in [1.807, 2.05) is 0 Å². The molecule has 0 aromatic heterocycles. The van der Waals surface area contributed by atoms with Crippen molar-refractivity contribution in [2.75, 3.05) is 19.6 Å². The van der Waals surface area contributed by atoms with Crippen molar-refractivity contribution in [3.8, 4) is 0 Å². The second kappa shape index (κ2) is 7.14. The molecule has 1 aromatic rings. The highest BCUT2D eigenvalue weighted by atomic mass is 19.2. The van der Waals surface area contributed by atoms with Crippen LogP contribution in [-0.4, -0.2) is 24.5 Å². The summed E-state index contributed by atoms with van der Waals surface area (Å²) in [5, 5.41) is 0. The van der Waals surface area contributed by atoms with E-state index in [0.29, 0.717) is 6.42 Å². The summed E-state index contributed by atoms with van der Waals surface area (Å²) in [5.41, 5.74) is 6.31. The zero-order valence-electron chi connectivity index (χ0n) is 12.1. The molecular formula is C16H24F2N2. The van der Waals surface area contributed by atoms with Gasteiger partial charge in [0.25, 0.3) is 0 Å². The van der Waals surface area contributed by atoms with E-state index >= 15 is 0 Å². The zero-order chi connectivity index (χ0) is 14.5. The SMILES string of the molecule is CCCN(CCC(N)c1cccc(F)c1F)CC1CC1. The molecule has 2 nitrogen and oxygen atoms in total. The molecule has 0 spiro atoms. The van der Waals surface area contributed by atoms with Gasteiger partial charge < -0.3 is 10.6 Å². The first-order valence-corrected chi connectivity index (χ1v) is 7.53. The van der Waals surface area contributed by atoms with Crippen molar-refractivity contribution >= 4 is 0 Å². The summed E-state index contributed by atoms with van der Waals surface area (Å²) < 4.78 is 26.9. The smallest absolute Gasteiger partial charge is 0.163 e. The highest BCUT2D eigenvalue weighted by Crippen LogP contribution is 2.30. The lowest BCUT2D eigenvalue weighted by Crippen LogP contribution is -2.30. The number of halogens is 2. The Hall–Kier alpha value is -1.00. The van der Waals surface area contributed by atoms with Gasteiger partial charge in [0.1, 0.15) is 0 Å². The third kappa shape index (κ3) is 4.25. The zero-order valence-corrected chi connectivity index (χ0v) is 12.1. The van der Waals surface area contributed by atoms with Gasteiger partial charge in [-0.2, -0.15) is 0 Å². The molecule has 4 heteroatoms. The number of rotatable bonds is 8. The van der Waals surface area contributed by atoms with Crippen molar-refractivity contribution in [1.82, 2.24) is 4.90 Å². The highest BCUT2D eigenvalue weighted by molar-refractivity contribution is 5.22. The third-order valence-corrected chi connectivity index (χ3v) is 3.89. The van der Waals surface area contributed by atoms with E-state index in [1.165, 1.54) is 18.9 Å². The molecule has 2 rings (SSSR count). The van der Waals surface area contributed by atoms with E-state index in [-0.39, 0.29) is 5.56 Å². The standard InChI is InChI=1S/C16H24F2N2/c1-2-9-20(11-12-6-7-12)10-8-15(19)13-4-3-5-14(17)16(13)18/h3-5,12,15H,2,6-11,19H2,1H3. The molecule has 1 unspecified atom stereocenters. The minimum Gasteiger partial charge on any atom is -0.324 e. The van der Waals surface area contributed by atoms with Gasteiger partial charge in [-0.05, 0) is 50.8 Å². The Bertz CT molecular complexity index is 432. The summed E-state index contributed by atoms with van der Waals surface area (Å²) in [6.07, 6.45) is 4.42. The third-order valence-electron chi connectivity index (χ3n) is 3.89. The average molecular weight is 282 g/mol. The van der Waals surface area contributed by atoms with E-state index in [1.54, 1.807) is 6.07 Å². The lowest BCUT2D eigenvalue weighted by atomic mass is 10.0. The van der Waals surface area contributed by atoms with Gasteiger partial charge in [-0.1, -0.05) is 19.1 Å². The number of hydrogen-bond donors (Lipinski definition) is 1. The number of hydrogen-bond acceptors (Lipinski definition) is 2. The Labute approximate surface area is 120 Å². The minimum absolute atomic E-state index is 0.285. The first-order valence-electron chi connectivity index (χ1n) is 7.53. The quantitative estimate of drug-likeness (QED) is 0.791. The van der Waals surface area contributed by atoms with E-state index in [0.717, 1.165) is 38.0 Å². The molecule has 0 amide bonds. The lowest BCUT2D eigenvalue weighted by Gasteiger charge is -2.23. The van der Waals surface area contributed by atoms with Crippen LogP contribution in [0.15, 0.2) is 18.2 Å². The van der Waals surface area contributed by atoms with Gasteiger partial charge in [0, 0.05) is 18.2 Å². The van der Waals surface area contributed by atoms with Gasteiger partial charge in [0.05, 0.1) is 0 Å². The van der Waals surface area contributed by atoms with Crippen molar-refractivity contribution in [3.05, 3.63) is 35.4 Å². The van der Waals surface area contributed by atoms with Gasteiger partial charge in [0.15, 0.2) is 11.6 Å². The van der Waals surface area contributed by atoms with Crippen LogP contribution >= 0.6 is 0 Å². The predicted octanol–water partition coefficient (Wildman–Crippen LogP) is 3.48. The molecule has 0 aliphatic heterocycles. The van der Waals surface area contributed by atoms with E-state index < -0.39 is 17.7 Å². The molecule has 20 heavy (non-hydrogen) atoms. The summed E-state index contributed by atoms with van der Waals surface area (Å²) in [7, 11) is 0. The minimum atomic E-state index is -0.818. The largest absolute Gasteiger partial charge is 0.324 e. The summed E-state index contributed by atoms with van der Waals surface area (Å²) in [6.45, 7) is 5.18. The highest BCUT2D eigenvalue weighted by Gasteiger charge is 2.24. The van der Waals surface area contributed by atoms with Crippen LogP contribution in [0.4, 0.5) is 8.78 Å². The fourth-order valence-electron chi connectivity index (χ4n) is 2.56. The number of benzene rings is 1. The van der Waals surface area contributed by atoms with Crippen LogP contribution in [-0.2, 0) is 0 Å². The van der Waals surface area contributed by atoms with Crippen LogP contribution in [0.25, 0.3) is 0 Å². The molecule has 0 saturated heterocycles. The Balaban J connectivity index is 1.88. The monoisotopic (exact) mass is 282 g/mol. The van der Waals surface area contributed by atoms with Gasteiger partial charge in [0.2, 0.25) is 0 Å². The second-order valence-electron chi connectivity index (χ2n) is 5.78. The van der Waals surface area contributed by atoms with Crippen LogP contribution in [0.3, 0.4) is 0 Å². The molecule has 1 aliphatic rings. The first-order chi connectivity index (χ1) is 9.61. The molecule has 1 saturated carbocycles. The maximum absolute atomic E-state index is 13.7. The second-order valence-corrected chi connectivity index (χ2v) is 5.78. The van der Waals surface area contributed by atoms with E-state index in [2.05, 4.69) is 11.8 Å². The van der Waals surface area contributed by atoms with Gasteiger partial charge >= 0.3 is 0 Å². The van der Waals surface area contributed by atoms with Crippen molar-refractivity contribution in [2.24, 2.45) is 11.7 Å². The molecule has 112 valence electrons. The average Bonchev–Trinajstić information content (AvgIpc) is 3.23. The Morgan fingerprint density at radius 1 is 1.30 bits per heavy atom. The first kappa shape index (κ1) is 15.4. The Morgan fingerprint density at radius 3 is 2.70 bits per heavy atom. The van der Waals surface area contributed by atoms with Gasteiger partial charge in [-0.3, -0.25) is 0 Å². The fraction of sp³-hybridized carbons (Fsp3) is 0.625. The molecule has 0 heterocycles. The Kier molecular flexibility index (Phi) is 5.49. The van der Waals surface area contributed by atoms with Crippen LogP contribution in [0.2, 0.25) is 0 Å². The van der Waals surface area contributed by atoms with Crippen LogP contribution < -0.4 is 5.73 Å². The van der Waals surface area contributed by atoms with Gasteiger partial charge in [-0.15, -0.1) is 0 Å². The Morgan fingerprint density at radius 2 is 2.05 bits per heavy atom. The molecule has 0 radical (unpaired) electrons. The van der Waals surface area contributed by atoms with Crippen molar-refractivity contribution < 1.29 is 8.78 Å². The lowest BCUT2D eigenvalue weighted by molar-refractivity contribution is 0.252. The molecule has 1 aliphatic carbocycles. The molecule has 1 fully saturated rings. The predicted molar refractivity (Wildman–Crippen MR) is 77.4 cm³/mol. The van der Waals surface area contributed by atoms with Gasteiger partial charge in [-0.25, -0.2) is 8.78 Å². The number of nitrogens with two attached hydrogens (primary N) is 1. The number of nitrogens with zero attached hydrogens (tertiary/aromatic N) is 1. The molecule has 2 N–H and O–H groups in total. The summed E-state index contributed by atoms with van der Waals surface area (Å²) >= 11 is 0. The maximum Gasteiger partial charge on any atom is 0.163 e. The normalized spacial score (nSPS) is 16.6. The summed E-state index contributed by atoms with van der Waals surface area (Å²) in [6, 6.07) is 3.78.